The number of halogens is 2. The van der Waals surface area contributed by atoms with Crippen molar-refractivity contribution in [2.24, 2.45) is 36.9 Å². The van der Waals surface area contributed by atoms with E-state index in [1.807, 2.05) is 0 Å². The van der Waals surface area contributed by atoms with Crippen molar-refractivity contribution in [3.05, 3.63) is 100 Å². The Balaban J connectivity index is 0.000000352. The first-order valence-corrected chi connectivity index (χ1v) is 24.3. The summed E-state index contributed by atoms with van der Waals surface area (Å²) in [4.78, 5) is 39.8. The van der Waals surface area contributed by atoms with Crippen molar-refractivity contribution >= 4 is 80.2 Å². The van der Waals surface area contributed by atoms with Gasteiger partial charge in [-0.3, -0.25) is 9.59 Å². The van der Waals surface area contributed by atoms with E-state index in [0.29, 0.717) is 39.9 Å². The van der Waals surface area contributed by atoms with Crippen LogP contribution >= 0.6 is 36.1 Å². The zero-order chi connectivity index (χ0) is 59.1. The quantitative estimate of drug-likeness (QED) is 0.0144. The number of primary sulfonamides is 1. The molecule has 396 valence electrons. The number of methoxy groups -OCH3 is 1. The first kappa shape index (κ1) is 63.1. The van der Waals surface area contributed by atoms with Gasteiger partial charge < -0.3 is 14.5 Å². The topological polar surface area (TPSA) is 257 Å². The van der Waals surface area contributed by atoms with Crippen LogP contribution in [0.15, 0.2) is 114 Å². The third kappa shape index (κ3) is 24.3. The number of amides is 2. The van der Waals surface area contributed by atoms with E-state index < -0.39 is 21.8 Å². The molecule has 5 rings (SSSR count). The van der Waals surface area contributed by atoms with E-state index in [4.69, 9.17) is 37.5 Å². The third-order valence-electron chi connectivity index (χ3n) is 8.72. The van der Waals surface area contributed by atoms with Crippen LogP contribution in [0.3, 0.4) is 0 Å². The summed E-state index contributed by atoms with van der Waals surface area (Å²) in [7, 11) is -2.31. The SMILES string of the molecule is COc1cccc(NC(=O)c2cc(-c3ccc(CC4C(=O)N(c5ccc(S(N)(=O)=O)cc5)N=C4C)o3)ccc2Cl)c1.O=N/N=C(\Cl)C#CC#CC#CC#CC#CC#CC#CC#CC#CC#CC#CC#CC#CC#CN=NOOOOOS. The second-order valence-electron chi connectivity index (χ2n) is 13.8. The fraction of sp³-hybridized carbons (Fsp3) is 0.0690. The zero-order valence-electron chi connectivity index (χ0n) is 41.6. The van der Waals surface area contributed by atoms with E-state index in [2.05, 4.69) is 234 Å². The second-order valence-corrected chi connectivity index (χ2v) is 16.3. The van der Waals surface area contributed by atoms with Gasteiger partial charge in [-0.05, 0) is 132 Å². The maximum atomic E-state index is 13.2. The molecule has 3 N–H and O–H groups in total. The predicted molar refractivity (Wildman–Crippen MR) is 303 cm³/mol. The number of nitrogens with one attached hydrogen (secondary N) is 1. The fourth-order valence-electron chi connectivity index (χ4n) is 5.43. The van der Waals surface area contributed by atoms with Crippen molar-refractivity contribution in [3.63, 3.8) is 0 Å². The zero-order valence-corrected chi connectivity index (χ0v) is 44.8. The summed E-state index contributed by atoms with van der Waals surface area (Å²) in [6.07, 6.45) is 0.261. The number of hydrogen-bond acceptors (Lipinski definition) is 17. The first-order valence-electron chi connectivity index (χ1n) is 21.6. The molecule has 1 aliphatic heterocycles. The molecule has 24 heteroatoms. The minimum atomic E-state index is -3.85. The molecule has 1 aromatic heterocycles. The number of hydrogen-bond donors (Lipinski definition) is 3. The highest BCUT2D eigenvalue weighted by molar-refractivity contribution is 7.89. The molecule has 0 saturated carbocycles. The lowest BCUT2D eigenvalue weighted by molar-refractivity contribution is -0.691. The number of carbonyl (C=O) groups is 2. The molecule has 82 heavy (non-hydrogen) atoms. The van der Waals surface area contributed by atoms with E-state index in [9.17, 15) is 22.9 Å². The van der Waals surface area contributed by atoms with Gasteiger partial charge in [0.1, 0.15) is 17.3 Å². The second kappa shape index (κ2) is 36.6. The molecule has 3 aromatic carbocycles. The summed E-state index contributed by atoms with van der Waals surface area (Å²) >= 11 is 14.9. The van der Waals surface area contributed by atoms with Gasteiger partial charge in [0.05, 0.1) is 50.8 Å². The van der Waals surface area contributed by atoms with E-state index >= 15 is 0 Å². The number of sulfonamides is 1. The maximum absolute atomic E-state index is 13.2. The van der Waals surface area contributed by atoms with Crippen molar-refractivity contribution < 1.29 is 51.6 Å². The van der Waals surface area contributed by atoms with Crippen LogP contribution in [0, 0.1) is 177 Å². The van der Waals surface area contributed by atoms with Gasteiger partial charge >= 0.3 is 0 Å². The number of anilines is 2. The van der Waals surface area contributed by atoms with E-state index in [1.54, 1.807) is 68.6 Å². The van der Waals surface area contributed by atoms with E-state index in [-0.39, 0.29) is 33.0 Å². The minimum Gasteiger partial charge on any atom is -0.497 e. The molecule has 0 bridgehead atoms. The minimum absolute atomic E-state index is 0.0589. The summed E-state index contributed by atoms with van der Waals surface area (Å²) in [6, 6.07) is 23.3. The molecule has 0 radical (unpaired) electrons. The average Bonchev–Trinajstić information content (AvgIpc) is 4.24. The van der Waals surface area contributed by atoms with Gasteiger partial charge in [-0.15, -0.1) is 9.24 Å². The van der Waals surface area contributed by atoms with Crippen LogP contribution in [0.5, 0.6) is 5.75 Å². The molecule has 0 saturated heterocycles. The van der Waals surface area contributed by atoms with E-state index in [1.165, 1.54) is 29.3 Å². The summed E-state index contributed by atoms with van der Waals surface area (Å²) in [5.41, 5.74) is 2.47. The van der Waals surface area contributed by atoms with Gasteiger partial charge in [0.15, 0.2) is 0 Å². The third-order valence-corrected chi connectivity index (χ3v) is 10.2. The first-order chi connectivity index (χ1) is 39.8. The van der Waals surface area contributed by atoms with Gasteiger partial charge in [-0.2, -0.15) is 10.1 Å². The Morgan fingerprint density at radius 3 is 1.85 bits per heavy atom. The molecule has 1 atom stereocenters. The summed E-state index contributed by atoms with van der Waals surface area (Å²) in [5.74, 6) is 65.7. The van der Waals surface area contributed by atoms with Crippen LogP contribution in [0.2, 0.25) is 5.02 Å². The number of nitrogens with zero attached hydrogens (tertiary/aromatic N) is 6. The Morgan fingerprint density at radius 1 is 0.756 bits per heavy atom. The highest BCUT2D eigenvalue weighted by atomic mass is 35.5. The molecule has 1 aliphatic rings. The van der Waals surface area contributed by atoms with Gasteiger partial charge in [-0.25, -0.2) is 18.6 Å². The Morgan fingerprint density at radius 2 is 1.32 bits per heavy atom. The van der Waals surface area contributed by atoms with Crippen LogP contribution < -0.4 is 20.2 Å². The molecule has 0 fully saturated rings. The Hall–Kier alpha value is -11.5. The van der Waals surface area contributed by atoms with Gasteiger partial charge in [0, 0.05) is 159 Å². The van der Waals surface area contributed by atoms with Crippen LogP contribution in [0.4, 0.5) is 11.4 Å². The summed E-state index contributed by atoms with van der Waals surface area (Å²) in [6.45, 7) is 1.75. The van der Waals surface area contributed by atoms with Crippen molar-refractivity contribution in [2.75, 3.05) is 17.4 Å². The van der Waals surface area contributed by atoms with Gasteiger partial charge in [0.2, 0.25) is 15.2 Å². The fourth-order valence-corrected chi connectivity index (χ4v) is 6.25. The molecule has 4 aromatic rings. The van der Waals surface area contributed by atoms with Crippen LogP contribution in [-0.2, 0) is 45.7 Å². The lowest BCUT2D eigenvalue weighted by atomic mass is 9.99. The molecule has 20 nitrogen and oxygen atoms in total. The Kier molecular flexibility index (Phi) is 28.1. The Bertz CT molecular complexity index is 4300. The van der Waals surface area contributed by atoms with Crippen LogP contribution in [-0.4, -0.2) is 38.2 Å². The highest BCUT2D eigenvalue weighted by Gasteiger charge is 2.35. The monoisotopic (exact) mass is 1160 g/mol. The summed E-state index contributed by atoms with van der Waals surface area (Å²) in [5, 5.41) is 36.0. The number of benzene rings is 3. The lowest BCUT2D eigenvalue weighted by Gasteiger charge is -2.14. The maximum Gasteiger partial charge on any atom is 0.257 e. The molecule has 2 amide bonds. The molecular weight excluding hydrogens is 1140 g/mol. The van der Waals surface area contributed by atoms with Gasteiger partial charge in [0.25, 0.3) is 11.8 Å². The predicted octanol–water partition coefficient (Wildman–Crippen LogP) is 6.35. The number of thiol groups is 1. The van der Waals surface area contributed by atoms with E-state index in [0.717, 1.165) is 0 Å². The number of carbonyl (C=O) groups excluding carboxylic acids is 2. The van der Waals surface area contributed by atoms with Crippen molar-refractivity contribution in [3.8, 4) is 183 Å². The number of ether oxygens (including phenoxy) is 1. The van der Waals surface area contributed by atoms with Crippen molar-refractivity contribution in [1.82, 2.24) is 0 Å². The van der Waals surface area contributed by atoms with Crippen LogP contribution in [0.25, 0.3) is 11.3 Å². The average molecular weight is 1160 g/mol. The molecule has 0 spiro atoms. The van der Waals surface area contributed by atoms with Crippen molar-refractivity contribution in [2.45, 2.75) is 18.2 Å². The molecule has 0 aliphatic carbocycles. The number of nitroso groups, excluding NO2 is 1. The van der Waals surface area contributed by atoms with Crippen LogP contribution in [0.1, 0.15) is 23.0 Å². The summed E-state index contributed by atoms with van der Waals surface area (Å²) < 4.78 is 38.0. The molecular formula is C58H26Cl2N8O12S2. The number of rotatable bonds is 14. The molecule has 1 unspecified atom stereocenters. The molecule has 2 heterocycles. The van der Waals surface area contributed by atoms with Crippen molar-refractivity contribution in [1.29, 1.82) is 0 Å². The normalized spacial score (nSPS) is 10.8. The largest absolute Gasteiger partial charge is 0.497 e. The number of nitrogens with two attached hydrogens (primary N) is 1. The Labute approximate surface area is 484 Å². The number of furan rings is 1. The van der Waals surface area contributed by atoms with Gasteiger partial charge in [-0.1, -0.05) is 39.5 Å². The lowest BCUT2D eigenvalue weighted by Crippen LogP contribution is -2.28. The number of hydrazone groups is 1. The smallest absolute Gasteiger partial charge is 0.257 e. The highest BCUT2D eigenvalue weighted by Crippen LogP contribution is 2.31. The standard InChI is InChI=1S/C29H25ClN4O6S.C29HClN4O6S/c1-17-24(29(36)34(33-17)20-7-10-23(11-8-20)41(31,37)38)16-22-9-13-27(40-22)18-6-12-26(30)25(14-18)28(35)32-19-4-3-5-21(15-19)39-2;30-29(32-33-35)27-25-23-21-19-17-15-13-11-9-7-5-3-1-2-4-6-8-10-12-14-16-18-20-22-24-26-28-31-34-36-37-38-39-40-41/h3-15,24H,16H2,1-2H3,(H,32,35)(H2,31,37,38);41H/b;32-29-,34-31?.